The molecule has 1 N–H and O–H groups in total. The van der Waals surface area contributed by atoms with Gasteiger partial charge in [0.2, 0.25) is 0 Å². The Morgan fingerprint density at radius 1 is 1.30 bits per heavy atom. The molecule has 0 bridgehead atoms. The minimum absolute atomic E-state index is 0.174. The maximum atomic E-state index is 12.3. The molecule has 8 heteroatoms. The number of benzene rings is 2. The van der Waals surface area contributed by atoms with E-state index < -0.39 is 6.09 Å². The number of aryl methyl sites for hydroxylation is 2. The van der Waals surface area contributed by atoms with Crippen LogP contribution in [-0.4, -0.2) is 27.2 Å². The molecule has 3 heterocycles. The number of hydrogen-bond acceptors (Lipinski definition) is 6. The van der Waals surface area contributed by atoms with Crippen LogP contribution < -0.4 is 10.1 Å². The van der Waals surface area contributed by atoms with Gasteiger partial charge in [-0.15, -0.1) is 0 Å². The maximum Gasteiger partial charge on any atom is 0.412 e. The van der Waals surface area contributed by atoms with Crippen molar-refractivity contribution in [3.63, 3.8) is 0 Å². The Hall–Kier alpha value is -3.39. The number of thiazole rings is 1. The summed E-state index contributed by atoms with van der Waals surface area (Å²) in [5.41, 5.74) is 5.78. The predicted octanol–water partition coefficient (Wildman–Crippen LogP) is 4.69. The molecule has 4 aromatic rings. The fourth-order valence-electron chi connectivity index (χ4n) is 3.50. The van der Waals surface area contributed by atoms with E-state index in [0.29, 0.717) is 5.00 Å². The molecule has 0 aliphatic carbocycles. The Balaban J connectivity index is 1.25. The number of amides is 1. The third-order valence-corrected chi connectivity index (χ3v) is 6.23. The fraction of sp³-hybridized carbons (Fsp3) is 0.227. The number of imidazole rings is 1. The second kappa shape index (κ2) is 7.46. The second-order valence-electron chi connectivity index (χ2n) is 7.23. The average molecular weight is 420 g/mol. The van der Waals surface area contributed by atoms with E-state index in [4.69, 9.17) is 9.47 Å². The Morgan fingerprint density at radius 3 is 3.10 bits per heavy atom. The van der Waals surface area contributed by atoms with Gasteiger partial charge in [0, 0.05) is 19.0 Å². The van der Waals surface area contributed by atoms with E-state index >= 15 is 0 Å². The molecule has 30 heavy (non-hydrogen) atoms. The minimum atomic E-state index is -0.503. The molecule has 152 valence electrons. The van der Waals surface area contributed by atoms with Crippen molar-refractivity contribution in [2.45, 2.75) is 20.0 Å². The molecule has 0 spiro atoms. The van der Waals surface area contributed by atoms with Gasteiger partial charge in [-0.2, -0.15) is 0 Å². The monoisotopic (exact) mass is 420 g/mol. The molecular formula is C22H20N4O3S. The molecule has 2 aromatic carbocycles. The quantitative estimate of drug-likeness (QED) is 0.518. The number of anilines is 1. The molecule has 0 radical (unpaired) electrons. The summed E-state index contributed by atoms with van der Waals surface area (Å²) in [6.45, 7) is 2.77. The van der Waals surface area contributed by atoms with Crippen LogP contribution in [0.25, 0.3) is 21.6 Å². The number of nitrogens with one attached hydrogen (secondary N) is 1. The summed E-state index contributed by atoms with van der Waals surface area (Å²) in [5, 5.41) is 4.36. The summed E-state index contributed by atoms with van der Waals surface area (Å²) in [6.07, 6.45) is 2.17. The topological polar surface area (TPSA) is 78.3 Å². The zero-order valence-electron chi connectivity index (χ0n) is 16.6. The van der Waals surface area contributed by atoms with E-state index in [1.807, 2.05) is 48.9 Å². The molecule has 1 aliphatic heterocycles. The highest BCUT2D eigenvalue weighted by Gasteiger charge is 2.17. The number of ether oxygens (including phenoxy) is 2. The lowest BCUT2D eigenvalue weighted by Gasteiger charge is -2.06. The van der Waals surface area contributed by atoms with Gasteiger partial charge in [0.25, 0.3) is 0 Å². The molecular weight excluding hydrogens is 400 g/mol. The van der Waals surface area contributed by atoms with Gasteiger partial charge < -0.3 is 14.0 Å². The molecule has 5 rings (SSSR count). The molecule has 1 aliphatic rings. The third-order valence-electron chi connectivity index (χ3n) is 5.11. The van der Waals surface area contributed by atoms with Crippen LogP contribution in [0.5, 0.6) is 5.75 Å². The van der Waals surface area contributed by atoms with Crippen molar-refractivity contribution in [3.8, 4) is 16.3 Å². The molecule has 1 amide bonds. The highest BCUT2D eigenvalue weighted by atomic mass is 32.1. The largest absolute Gasteiger partial charge is 0.493 e. The first kappa shape index (κ1) is 18.6. The summed E-state index contributed by atoms with van der Waals surface area (Å²) < 4.78 is 12.9. The molecule has 0 saturated carbocycles. The lowest BCUT2D eigenvalue weighted by Crippen LogP contribution is -2.13. The first-order valence-electron chi connectivity index (χ1n) is 9.64. The maximum absolute atomic E-state index is 12.3. The molecule has 0 atom stereocenters. The zero-order chi connectivity index (χ0) is 20.7. The van der Waals surface area contributed by atoms with Gasteiger partial charge in [-0.25, -0.2) is 14.8 Å². The van der Waals surface area contributed by atoms with E-state index in [1.54, 1.807) is 6.33 Å². The number of hydrogen-bond donors (Lipinski definition) is 1. The molecule has 2 aromatic heterocycles. The van der Waals surface area contributed by atoms with Crippen LogP contribution in [0.1, 0.15) is 16.8 Å². The normalized spacial score (nSPS) is 12.6. The van der Waals surface area contributed by atoms with Crippen molar-refractivity contribution in [1.29, 1.82) is 0 Å². The summed E-state index contributed by atoms with van der Waals surface area (Å²) in [4.78, 5) is 21.3. The number of carbonyl (C=O) groups excluding carboxylic acids is 1. The Morgan fingerprint density at radius 2 is 2.20 bits per heavy atom. The predicted molar refractivity (Wildman–Crippen MR) is 116 cm³/mol. The zero-order valence-corrected chi connectivity index (χ0v) is 17.5. The van der Waals surface area contributed by atoms with Crippen LogP contribution >= 0.6 is 11.3 Å². The van der Waals surface area contributed by atoms with Gasteiger partial charge in [0.1, 0.15) is 22.4 Å². The van der Waals surface area contributed by atoms with E-state index in [2.05, 4.69) is 21.4 Å². The average Bonchev–Trinajstić information content (AvgIpc) is 3.45. The minimum Gasteiger partial charge on any atom is -0.493 e. The summed E-state index contributed by atoms with van der Waals surface area (Å²) in [6, 6.07) is 11.9. The van der Waals surface area contributed by atoms with Crippen molar-refractivity contribution in [2.24, 2.45) is 7.05 Å². The number of nitrogens with zero attached hydrogens (tertiary/aromatic N) is 3. The van der Waals surface area contributed by atoms with Crippen LogP contribution in [0, 0.1) is 6.92 Å². The van der Waals surface area contributed by atoms with Crippen LogP contribution in [0.15, 0.2) is 42.7 Å². The van der Waals surface area contributed by atoms with Crippen LogP contribution in [0.2, 0.25) is 0 Å². The van der Waals surface area contributed by atoms with Gasteiger partial charge in [-0.05, 0) is 48.4 Å². The standard InChI is InChI=1S/C22H20N4O3S/c1-13-20(30-21(24-13)16-4-6-19-15(10-16)7-8-28-19)25-22(27)29-11-14-3-5-18-17(9-14)23-12-26(18)2/h3-6,9-10,12H,7-8,11H2,1-2H3,(H,25,27). The second-order valence-corrected chi connectivity index (χ2v) is 8.23. The lowest BCUT2D eigenvalue weighted by atomic mass is 10.1. The third kappa shape index (κ3) is 3.50. The molecule has 0 unspecified atom stereocenters. The number of aromatic nitrogens is 3. The van der Waals surface area contributed by atoms with E-state index in [9.17, 15) is 4.79 Å². The van der Waals surface area contributed by atoms with Gasteiger partial charge in [0.15, 0.2) is 0 Å². The Bertz CT molecular complexity index is 1260. The SMILES string of the molecule is Cc1nc(-c2ccc3c(c2)CCO3)sc1NC(=O)OCc1ccc2c(c1)ncn2C. The fourth-order valence-corrected chi connectivity index (χ4v) is 4.45. The first-order chi connectivity index (χ1) is 14.6. The lowest BCUT2D eigenvalue weighted by molar-refractivity contribution is 0.155. The number of rotatable bonds is 4. The summed E-state index contributed by atoms with van der Waals surface area (Å²) in [5.74, 6) is 0.942. The van der Waals surface area contributed by atoms with Crippen LogP contribution in [-0.2, 0) is 24.8 Å². The molecule has 0 saturated heterocycles. The van der Waals surface area contributed by atoms with Crippen LogP contribution in [0.3, 0.4) is 0 Å². The molecule has 0 fully saturated rings. The highest BCUT2D eigenvalue weighted by molar-refractivity contribution is 7.19. The van der Waals surface area contributed by atoms with Gasteiger partial charge >= 0.3 is 6.09 Å². The van der Waals surface area contributed by atoms with Crippen molar-refractivity contribution in [3.05, 3.63) is 59.5 Å². The van der Waals surface area contributed by atoms with Crippen molar-refractivity contribution in [2.75, 3.05) is 11.9 Å². The van der Waals surface area contributed by atoms with Gasteiger partial charge in [-0.1, -0.05) is 17.4 Å². The van der Waals surface area contributed by atoms with Crippen LogP contribution in [0.4, 0.5) is 9.80 Å². The Labute approximate surface area is 177 Å². The summed E-state index contributed by atoms with van der Waals surface area (Å²) >= 11 is 1.44. The van der Waals surface area contributed by atoms with E-state index in [-0.39, 0.29) is 6.61 Å². The van der Waals surface area contributed by atoms with E-state index in [1.165, 1.54) is 16.9 Å². The highest BCUT2D eigenvalue weighted by Crippen LogP contribution is 2.35. The van der Waals surface area contributed by atoms with Gasteiger partial charge in [-0.3, -0.25) is 5.32 Å². The van der Waals surface area contributed by atoms with Gasteiger partial charge in [0.05, 0.1) is 29.7 Å². The van der Waals surface area contributed by atoms with E-state index in [0.717, 1.165) is 51.6 Å². The summed E-state index contributed by atoms with van der Waals surface area (Å²) in [7, 11) is 1.95. The number of carbonyl (C=O) groups is 1. The number of fused-ring (bicyclic) bond motifs is 2. The van der Waals surface area contributed by atoms with Crippen molar-refractivity contribution < 1.29 is 14.3 Å². The smallest absolute Gasteiger partial charge is 0.412 e. The Kier molecular flexibility index (Phi) is 4.63. The van der Waals surface area contributed by atoms with Crippen molar-refractivity contribution in [1.82, 2.24) is 14.5 Å². The first-order valence-corrected chi connectivity index (χ1v) is 10.5. The molecule has 7 nitrogen and oxygen atoms in total. The van der Waals surface area contributed by atoms with Crippen molar-refractivity contribution >= 4 is 33.5 Å².